The number of fused-ring (bicyclic) bond motifs is 2. The predicted molar refractivity (Wildman–Crippen MR) is 404 cm³/mol. The lowest BCUT2D eigenvalue weighted by molar-refractivity contribution is 0.0990. The van der Waals surface area contributed by atoms with Gasteiger partial charge < -0.3 is 46.2 Å². The fraction of sp³-hybridized carbons (Fsp3) is 0.365. The van der Waals surface area contributed by atoms with Gasteiger partial charge in [0, 0.05) is 85.2 Å². The molecular formula is C85H101BrO14Si. The molecule has 2 aliphatic rings. The topological polar surface area (TPSA) is 202 Å². The maximum Gasteiger partial charge on any atom is 0.196 e. The molecule has 0 amide bonds. The number of ether oxygens (including phenoxy) is 2. The van der Waals surface area contributed by atoms with Gasteiger partial charge in [-0.1, -0.05) is 170 Å². The highest BCUT2D eigenvalue weighted by atomic mass is 79.9. The molecule has 101 heavy (non-hydrogen) atoms. The Bertz CT molecular complexity index is 4170. The van der Waals surface area contributed by atoms with Gasteiger partial charge in [-0.15, -0.1) is 0 Å². The Morgan fingerprint density at radius 1 is 0.485 bits per heavy atom. The van der Waals surface area contributed by atoms with Crippen molar-refractivity contribution in [2.24, 2.45) is 0 Å². The summed E-state index contributed by atoms with van der Waals surface area (Å²) in [5.74, 6) is 8.62. The number of aliphatic hydroxyl groups excluding tert-OH is 2. The molecule has 2 unspecified atom stereocenters. The van der Waals surface area contributed by atoms with Gasteiger partial charge in [-0.2, -0.15) is 0 Å². The molecule has 536 valence electrons. The van der Waals surface area contributed by atoms with Crippen molar-refractivity contribution in [1.29, 1.82) is 0 Å². The van der Waals surface area contributed by atoms with E-state index in [-0.39, 0.29) is 35.7 Å². The summed E-state index contributed by atoms with van der Waals surface area (Å²) >= 11 is 3.36. The van der Waals surface area contributed by atoms with Crippen LogP contribution in [-0.4, -0.2) is 75.7 Å². The van der Waals surface area contributed by atoms with Gasteiger partial charge in [0.2, 0.25) is 0 Å². The molecule has 0 fully saturated rings. The normalized spacial score (nSPS) is 13.8. The number of aliphatic hydroxyl groups is 2. The lowest BCUT2D eigenvalue weighted by Gasteiger charge is -2.36. The molecule has 2 aliphatic heterocycles. The van der Waals surface area contributed by atoms with E-state index in [0.29, 0.717) is 78.1 Å². The second-order valence-electron chi connectivity index (χ2n) is 26.5. The van der Waals surface area contributed by atoms with Crippen LogP contribution in [0.2, 0.25) is 18.1 Å². The van der Waals surface area contributed by atoms with E-state index >= 15 is 0 Å². The van der Waals surface area contributed by atoms with Crippen LogP contribution < -0.4 is 0 Å². The Hall–Kier alpha value is -8.32. The molecule has 0 spiro atoms. The van der Waals surface area contributed by atoms with Gasteiger partial charge in [0.15, 0.2) is 31.9 Å². The number of aryl methyl sites for hydroxylation is 9. The maximum atomic E-state index is 12.6. The zero-order valence-electron chi connectivity index (χ0n) is 61.3. The quantitative estimate of drug-likeness (QED) is 0.0414. The van der Waals surface area contributed by atoms with Crippen LogP contribution in [0.25, 0.3) is 0 Å². The van der Waals surface area contributed by atoms with E-state index in [1.54, 1.807) is 26.0 Å². The van der Waals surface area contributed by atoms with Crippen molar-refractivity contribution in [3.05, 3.63) is 292 Å². The molecule has 5 aromatic carbocycles. The van der Waals surface area contributed by atoms with E-state index in [2.05, 4.69) is 106 Å². The smallest absolute Gasteiger partial charge is 0.196 e. The maximum absolute atomic E-state index is 12.6. The van der Waals surface area contributed by atoms with Gasteiger partial charge in [-0.3, -0.25) is 19.2 Å². The Morgan fingerprint density at radius 3 is 1.30 bits per heavy atom. The van der Waals surface area contributed by atoms with Crippen LogP contribution in [0.1, 0.15) is 215 Å². The number of halogens is 1. The standard InChI is InChI=1S/2C16H18O3.C16H18O2.C15H14O3.C15H24O2Si.C7H9BrO/c2*1-3-13-10-15(11(2)19-13)16(18)14-7-5-4-6-12(14)8-9-17;1-3-13-8-15(11(2)18-13)16-10-17-9-12-6-4-5-7-14(12)16;1-10-14(6-12(7-16)18-10)15-9-17-8-11-4-2-3-5-13(11)15;1-15(2,3)18(4,5)17-11-10-13-8-6-7-9-14(13)12-16;1-3-6-4-7(8)5(2)9-6/h2*4-7,10,17H,3,8-9H2,1-2H3;4-8,16H,3,9-10H2,1-2H3;2-7,15H,8-9H2,1H3;6-9,12H,10-11H2,1-5H3;4H,3H2,1-2H3. The lowest BCUT2D eigenvalue weighted by atomic mass is 9.87. The van der Waals surface area contributed by atoms with E-state index < -0.39 is 8.32 Å². The van der Waals surface area contributed by atoms with Crippen molar-refractivity contribution in [1.82, 2.24) is 0 Å². The first-order valence-corrected chi connectivity index (χ1v) is 38.7. The third-order valence-corrected chi connectivity index (χ3v) is 24.0. The van der Waals surface area contributed by atoms with E-state index in [1.807, 2.05) is 132 Å². The summed E-state index contributed by atoms with van der Waals surface area (Å²) in [5, 5.41) is 18.4. The molecule has 2 atom stereocenters. The van der Waals surface area contributed by atoms with Crippen LogP contribution in [0.4, 0.5) is 0 Å². The number of hydrogen-bond donors (Lipinski definition) is 2. The van der Waals surface area contributed by atoms with Crippen LogP contribution in [-0.2, 0) is 72.1 Å². The first kappa shape index (κ1) is 80.0. The van der Waals surface area contributed by atoms with E-state index in [1.165, 1.54) is 27.8 Å². The number of ketones is 2. The van der Waals surface area contributed by atoms with Crippen molar-refractivity contribution < 1.29 is 65.4 Å². The second kappa shape index (κ2) is 38.6. The number of hydrogen-bond acceptors (Lipinski definition) is 14. The predicted octanol–water partition coefficient (Wildman–Crippen LogP) is 19.7. The summed E-state index contributed by atoms with van der Waals surface area (Å²) in [4.78, 5) is 46.8. The lowest BCUT2D eigenvalue weighted by Crippen LogP contribution is -2.41. The van der Waals surface area contributed by atoms with Gasteiger partial charge in [-0.05, 0) is 157 Å². The summed E-state index contributed by atoms with van der Waals surface area (Å²) in [6, 6.07) is 48.9. The first-order chi connectivity index (χ1) is 48.4. The molecule has 0 saturated carbocycles. The molecule has 16 heteroatoms. The van der Waals surface area contributed by atoms with Crippen molar-refractivity contribution in [3.8, 4) is 0 Å². The number of carbonyl (C=O) groups excluding carboxylic acids is 4. The summed E-state index contributed by atoms with van der Waals surface area (Å²) in [7, 11) is -1.67. The largest absolute Gasteiger partial charge is 0.466 e. The van der Waals surface area contributed by atoms with Crippen LogP contribution >= 0.6 is 15.9 Å². The molecule has 0 radical (unpaired) electrons. The molecule has 0 bridgehead atoms. The number of furan rings is 5. The highest BCUT2D eigenvalue weighted by Gasteiger charge is 2.37. The number of aldehydes is 2. The Labute approximate surface area is 606 Å². The average Bonchev–Trinajstić information content (AvgIpc) is 1.66. The second-order valence-corrected chi connectivity index (χ2v) is 32.2. The minimum absolute atomic E-state index is 0.0366. The third kappa shape index (κ3) is 21.6. The zero-order chi connectivity index (χ0) is 73.4. The Balaban J connectivity index is 0.000000172. The molecule has 5 aromatic heterocycles. The molecule has 14 nitrogen and oxygen atoms in total. The third-order valence-electron chi connectivity index (χ3n) is 18.6. The fourth-order valence-corrected chi connectivity index (χ4v) is 13.2. The van der Waals surface area contributed by atoms with Crippen LogP contribution in [0.15, 0.2) is 178 Å². The van der Waals surface area contributed by atoms with Crippen LogP contribution in [0.5, 0.6) is 0 Å². The number of benzene rings is 5. The summed E-state index contributed by atoms with van der Waals surface area (Å²) < 4.78 is 46.1. The summed E-state index contributed by atoms with van der Waals surface area (Å²) in [5.41, 5.74) is 13.6. The summed E-state index contributed by atoms with van der Waals surface area (Å²) in [6.45, 7) is 32.4. The van der Waals surface area contributed by atoms with Crippen molar-refractivity contribution in [2.45, 2.75) is 171 Å². The van der Waals surface area contributed by atoms with Crippen LogP contribution in [0, 0.1) is 34.6 Å². The van der Waals surface area contributed by atoms with Crippen molar-refractivity contribution >= 4 is 48.4 Å². The van der Waals surface area contributed by atoms with E-state index in [4.69, 9.17) is 46.2 Å². The van der Waals surface area contributed by atoms with Gasteiger partial charge in [0.25, 0.3) is 0 Å². The number of carbonyl (C=O) groups is 4. The zero-order valence-corrected chi connectivity index (χ0v) is 63.9. The summed E-state index contributed by atoms with van der Waals surface area (Å²) in [6.07, 6.45) is 6.88. The monoisotopic (exact) mass is 1450 g/mol. The Kier molecular flexibility index (Phi) is 30.6. The van der Waals surface area contributed by atoms with E-state index in [9.17, 15) is 19.2 Å². The van der Waals surface area contributed by atoms with Gasteiger partial charge in [0.1, 0.15) is 58.1 Å². The van der Waals surface area contributed by atoms with Crippen molar-refractivity contribution in [3.63, 3.8) is 0 Å². The molecule has 2 N–H and O–H groups in total. The first-order valence-electron chi connectivity index (χ1n) is 35.0. The van der Waals surface area contributed by atoms with Gasteiger partial charge >= 0.3 is 0 Å². The highest BCUT2D eigenvalue weighted by molar-refractivity contribution is 9.10. The van der Waals surface area contributed by atoms with Gasteiger partial charge in [-0.25, -0.2) is 0 Å². The number of rotatable bonds is 20. The molecule has 0 saturated heterocycles. The van der Waals surface area contributed by atoms with Gasteiger partial charge in [0.05, 0.1) is 42.0 Å². The molecule has 10 aromatic rings. The SMILES string of the molecule is CC(C)(C)[Si](C)(C)OCCc1ccccc1C=O.CCc1cc(Br)c(C)o1.CCc1cc(C(=O)c2ccccc2CCO)c(C)o1.CCc1cc(C(=O)c2ccccc2CCO)c(C)o1.CCc1cc(C2COCc3ccccc32)c(C)o1.Cc1oc(C=O)cc1C1COCc2ccccc21. The van der Waals surface area contributed by atoms with E-state index in [0.717, 1.165) is 131 Å². The highest BCUT2D eigenvalue weighted by Crippen LogP contribution is 2.39. The molecule has 7 heterocycles. The van der Waals surface area contributed by atoms with Crippen molar-refractivity contribution in [2.75, 3.05) is 33.0 Å². The minimum Gasteiger partial charge on any atom is -0.466 e. The molecule has 12 rings (SSSR count). The molecular weight excluding hydrogens is 1350 g/mol. The minimum atomic E-state index is -1.67. The van der Waals surface area contributed by atoms with Crippen LogP contribution in [0.3, 0.4) is 0 Å². The Morgan fingerprint density at radius 2 is 0.891 bits per heavy atom. The molecule has 0 aliphatic carbocycles. The fourth-order valence-electron chi connectivity index (χ4n) is 11.8. The average molecular weight is 1450 g/mol.